The van der Waals surface area contributed by atoms with E-state index in [4.69, 9.17) is 15.2 Å². The van der Waals surface area contributed by atoms with E-state index < -0.39 is 11.3 Å². The largest absolute Gasteiger partial charge is 0.497 e. The maximum absolute atomic E-state index is 10.1. The van der Waals surface area contributed by atoms with Gasteiger partial charge in [-0.15, -0.1) is 0 Å². The molecule has 1 aliphatic heterocycles. The number of benzene rings is 1. The number of methoxy groups -OCH3 is 2. The fraction of sp³-hybridized carbons (Fsp3) is 0.381. The molecule has 0 aromatic heterocycles. The summed E-state index contributed by atoms with van der Waals surface area (Å²) in [5.74, 6) is 0.283. The zero-order chi connectivity index (χ0) is 20.5. The van der Waals surface area contributed by atoms with Crippen molar-refractivity contribution in [3.05, 3.63) is 46.7 Å². The fourth-order valence-corrected chi connectivity index (χ4v) is 4.24. The van der Waals surface area contributed by atoms with E-state index in [-0.39, 0.29) is 17.2 Å². The number of rotatable bonds is 3. The molecule has 0 fully saturated rings. The standard InChI is InChI=1S/C21H21N5O2/c1-26-7-6-14-16(9-22)20(25)21(11-23,12-24)19(17(14)10-26)15-5-4-13(27-2)8-18(15)28-3/h4-6,8,17,19H,7,10,25H2,1-3H3/t17-,19-/m0/s1. The Bertz CT molecular complexity index is 976. The van der Waals surface area contributed by atoms with Gasteiger partial charge in [-0.3, -0.25) is 0 Å². The minimum Gasteiger partial charge on any atom is -0.497 e. The Morgan fingerprint density at radius 3 is 2.46 bits per heavy atom. The number of hydrogen-bond donors (Lipinski definition) is 1. The number of allylic oxidation sites excluding steroid dienone is 2. The topological polar surface area (TPSA) is 119 Å². The van der Waals surface area contributed by atoms with Crippen LogP contribution in [0.5, 0.6) is 11.5 Å². The molecular formula is C21H21N5O2. The molecule has 0 radical (unpaired) electrons. The first kappa shape index (κ1) is 19.3. The molecule has 7 nitrogen and oxygen atoms in total. The van der Waals surface area contributed by atoms with E-state index in [0.717, 1.165) is 5.57 Å². The van der Waals surface area contributed by atoms with Crippen LogP contribution in [0.15, 0.2) is 41.1 Å². The van der Waals surface area contributed by atoms with Crippen molar-refractivity contribution in [3.63, 3.8) is 0 Å². The summed E-state index contributed by atoms with van der Waals surface area (Å²) in [5, 5.41) is 29.9. The number of fused-ring (bicyclic) bond motifs is 1. The zero-order valence-electron chi connectivity index (χ0n) is 16.1. The lowest BCUT2D eigenvalue weighted by molar-refractivity contribution is 0.234. The Balaban J connectivity index is 2.35. The van der Waals surface area contributed by atoms with Crippen LogP contribution in [0.4, 0.5) is 0 Å². The number of nitrogens with two attached hydrogens (primary N) is 1. The first-order valence-electron chi connectivity index (χ1n) is 8.81. The average molecular weight is 375 g/mol. The quantitative estimate of drug-likeness (QED) is 0.858. The summed E-state index contributed by atoms with van der Waals surface area (Å²) in [7, 11) is 5.05. The minimum absolute atomic E-state index is 0.00919. The number of ether oxygens (including phenoxy) is 2. The van der Waals surface area contributed by atoms with Crippen LogP contribution in [0.2, 0.25) is 0 Å². The van der Waals surface area contributed by atoms with Gasteiger partial charge in [0, 0.05) is 36.6 Å². The third-order valence-corrected chi connectivity index (χ3v) is 5.62. The van der Waals surface area contributed by atoms with Crippen molar-refractivity contribution in [2.75, 3.05) is 34.4 Å². The second kappa shape index (κ2) is 7.27. The molecule has 1 aliphatic carbocycles. The van der Waals surface area contributed by atoms with E-state index in [0.29, 0.717) is 30.2 Å². The van der Waals surface area contributed by atoms with Gasteiger partial charge in [0.05, 0.1) is 37.6 Å². The maximum Gasteiger partial charge on any atom is 0.191 e. The highest BCUT2D eigenvalue weighted by Crippen LogP contribution is 2.55. The molecule has 1 aromatic carbocycles. The lowest BCUT2D eigenvalue weighted by Crippen LogP contribution is -2.47. The Hall–Kier alpha value is -3.47. The molecule has 2 atom stereocenters. The predicted octanol–water partition coefficient (Wildman–Crippen LogP) is 2.06. The van der Waals surface area contributed by atoms with Crippen molar-refractivity contribution in [2.24, 2.45) is 17.1 Å². The Labute approximate surface area is 164 Å². The third kappa shape index (κ3) is 2.67. The summed E-state index contributed by atoms with van der Waals surface area (Å²) < 4.78 is 10.8. The monoisotopic (exact) mass is 375 g/mol. The zero-order valence-corrected chi connectivity index (χ0v) is 16.1. The highest BCUT2D eigenvalue weighted by atomic mass is 16.5. The average Bonchev–Trinajstić information content (AvgIpc) is 2.73. The summed E-state index contributed by atoms with van der Waals surface area (Å²) in [4.78, 5) is 2.09. The minimum atomic E-state index is -1.67. The van der Waals surface area contributed by atoms with Crippen molar-refractivity contribution in [2.45, 2.75) is 5.92 Å². The Kier molecular flexibility index (Phi) is 5.01. The summed E-state index contributed by atoms with van der Waals surface area (Å²) in [5.41, 5.74) is 6.36. The van der Waals surface area contributed by atoms with Crippen LogP contribution < -0.4 is 15.2 Å². The van der Waals surface area contributed by atoms with Crippen LogP contribution in [0, 0.1) is 45.3 Å². The van der Waals surface area contributed by atoms with E-state index in [1.807, 2.05) is 19.2 Å². The molecule has 0 saturated carbocycles. The SMILES string of the molecule is COc1ccc([C@H]2[C@H]3CN(C)CC=C3C(C#N)=C(N)C2(C#N)C#N)c(OC)c1. The van der Waals surface area contributed by atoms with Crippen LogP contribution in [-0.4, -0.2) is 39.3 Å². The summed E-state index contributed by atoms with van der Waals surface area (Å²) in [6, 6.07) is 11.7. The van der Waals surface area contributed by atoms with E-state index in [1.54, 1.807) is 19.2 Å². The Morgan fingerprint density at radius 1 is 1.18 bits per heavy atom. The molecule has 0 spiro atoms. The second-order valence-electron chi connectivity index (χ2n) is 7.00. The van der Waals surface area contributed by atoms with E-state index in [2.05, 4.69) is 23.1 Å². The molecular weight excluding hydrogens is 354 g/mol. The normalized spacial score (nSPS) is 23.5. The van der Waals surface area contributed by atoms with Gasteiger partial charge in [0.1, 0.15) is 17.6 Å². The summed E-state index contributed by atoms with van der Waals surface area (Å²) in [6.07, 6.45) is 1.96. The molecule has 0 saturated heterocycles. The molecule has 2 N–H and O–H groups in total. The van der Waals surface area contributed by atoms with Crippen LogP contribution in [-0.2, 0) is 0 Å². The van der Waals surface area contributed by atoms with E-state index in [9.17, 15) is 15.8 Å². The molecule has 0 bridgehead atoms. The highest BCUT2D eigenvalue weighted by molar-refractivity contribution is 5.61. The third-order valence-electron chi connectivity index (χ3n) is 5.62. The number of likely N-dealkylation sites (N-methyl/N-ethyl adjacent to an activating group) is 1. The van der Waals surface area contributed by atoms with Crippen LogP contribution in [0.25, 0.3) is 0 Å². The molecule has 0 unspecified atom stereocenters. The van der Waals surface area contributed by atoms with Crippen molar-refractivity contribution in [1.29, 1.82) is 15.8 Å². The van der Waals surface area contributed by atoms with Crippen molar-refractivity contribution < 1.29 is 9.47 Å². The van der Waals surface area contributed by atoms with Gasteiger partial charge < -0.3 is 20.1 Å². The van der Waals surface area contributed by atoms with Crippen LogP contribution >= 0.6 is 0 Å². The first-order chi connectivity index (χ1) is 13.5. The number of nitrogens with zero attached hydrogens (tertiary/aromatic N) is 4. The molecule has 0 amide bonds. The predicted molar refractivity (Wildman–Crippen MR) is 102 cm³/mol. The fourth-order valence-electron chi connectivity index (χ4n) is 4.24. The Morgan fingerprint density at radius 2 is 1.89 bits per heavy atom. The molecule has 1 aromatic rings. The highest BCUT2D eigenvalue weighted by Gasteiger charge is 2.55. The van der Waals surface area contributed by atoms with E-state index >= 15 is 0 Å². The van der Waals surface area contributed by atoms with Crippen molar-refractivity contribution >= 4 is 0 Å². The molecule has 7 heteroatoms. The first-order valence-corrected chi connectivity index (χ1v) is 8.81. The second-order valence-corrected chi connectivity index (χ2v) is 7.00. The van der Waals surface area contributed by atoms with Crippen molar-refractivity contribution in [3.8, 4) is 29.7 Å². The van der Waals surface area contributed by atoms with Gasteiger partial charge in [-0.1, -0.05) is 12.1 Å². The molecule has 3 rings (SSSR count). The van der Waals surface area contributed by atoms with Gasteiger partial charge in [0.25, 0.3) is 0 Å². The van der Waals surface area contributed by atoms with Gasteiger partial charge in [0.2, 0.25) is 0 Å². The smallest absolute Gasteiger partial charge is 0.191 e. The van der Waals surface area contributed by atoms with Gasteiger partial charge in [-0.2, -0.15) is 15.8 Å². The lowest BCUT2D eigenvalue weighted by atomic mass is 9.58. The van der Waals surface area contributed by atoms with Gasteiger partial charge in [-0.25, -0.2) is 0 Å². The molecule has 142 valence electrons. The van der Waals surface area contributed by atoms with Gasteiger partial charge in [-0.05, 0) is 18.7 Å². The van der Waals surface area contributed by atoms with Crippen molar-refractivity contribution in [1.82, 2.24) is 4.90 Å². The number of nitriles is 3. The summed E-state index contributed by atoms with van der Waals surface area (Å²) in [6.45, 7) is 1.26. The summed E-state index contributed by atoms with van der Waals surface area (Å²) >= 11 is 0. The van der Waals surface area contributed by atoms with Gasteiger partial charge >= 0.3 is 0 Å². The molecule has 1 heterocycles. The van der Waals surface area contributed by atoms with Crippen LogP contribution in [0.1, 0.15) is 11.5 Å². The number of hydrogen-bond acceptors (Lipinski definition) is 7. The maximum atomic E-state index is 10.1. The molecule has 28 heavy (non-hydrogen) atoms. The molecule has 2 aliphatic rings. The van der Waals surface area contributed by atoms with E-state index in [1.165, 1.54) is 7.11 Å². The van der Waals surface area contributed by atoms with Gasteiger partial charge in [0.15, 0.2) is 5.41 Å². The van der Waals surface area contributed by atoms with Crippen LogP contribution in [0.3, 0.4) is 0 Å². The lowest BCUT2D eigenvalue weighted by Gasteiger charge is -2.45.